The van der Waals surface area contributed by atoms with Gasteiger partial charge in [0, 0.05) is 25.5 Å². The van der Waals surface area contributed by atoms with E-state index in [1.54, 1.807) is 13.1 Å². The van der Waals surface area contributed by atoms with Gasteiger partial charge in [0.15, 0.2) is 4.47 Å². The molecule has 0 aliphatic heterocycles. The van der Waals surface area contributed by atoms with Gasteiger partial charge in [0.25, 0.3) is 5.91 Å². The fraction of sp³-hybridized carbons (Fsp3) is 0.417. The predicted molar refractivity (Wildman–Crippen MR) is 75.8 cm³/mol. The molecule has 7 heteroatoms. The first kappa shape index (κ1) is 14.0. The maximum absolute atomic E-state index is 11.9. The number of carbonyl (C=O) groups is 1. The molecular weight excluding hydrogens is 284 g/mol. The lowest BCUT2D eigenvalue weighted by Crippen LogP contribution is -2.25. The first-order valence-corrected chi connectivity index (χ1v) is 7.16. The van der Waals surface area contributed by atoms with Crippen LogP contribution >= 0.6 is 22.9 Å². The van der Waals surface area contributed by atoms with E-state index in [1.807, 2.05) is 13.1 Å². The number of halogens is 1. The van der Waals surface area contributed by atoms with Gasteiger partial charge in [0.05, 0.1) is 5.69 Å². The molecule has 1 N–H and O–H groups in total. The van der Waals surface area contributed by atoms with Crippen molar-refractivity contribution in [2.75, 3.05) is 6.54 Å². The van der Waals surface area contributed by atoms with Crippen molar-refractivity contribution in [1.82, 2.24) is 19.9 Å². The molecule has 0 aromatic carbocycles. The zero-order valence-electron chi connectivity index (χ0n) is 10.8. The molecule has 0 bridgehead atoms. The van der Waals surface area contributed by atoms with Gasteiger partial charge in [-0.3, -0.25) is 4.79 Å². The van der Waals surface area contributed by atoms with Gasteiger partial charge in [-0.15, -0.1) is 0 Å². The maximum atomic E-state index is 11.9. The molecule has 0 atom stereocenters. The minimum absolute atomic E-state index is 0.107. The largest absolute Gasteiger partial charge is 0.351 e. The monoisotopic (exact) mass is 298 g/mol. The second-order valence-electron chi connectivity index (χ2n) is 4.16. The van der Waals surface area contributed by atoms with Gasteiger partial charge in [-0.25, -0.2) is 9.97 Å². The van der Waals surface area contributed by atoms with Gasteiger partial charge < -0.3 is 9.88 Å². The Hall–Kier alpha value is -1.40. The van der Waals surface area contributed by atoms with Crippen LogP contribution in [0.25, 0.3) is 0 Å². The van der Waals surface area contributed by atoms with Crippen molar-refractivity contribution < 1.29 is 4.79 Å². The molecule has 2 heterocycles. The molecule has 2 aromatic rings. The van der Waals surface area contributed by atoms with E-state index in [4.69, 9.17) is 11.6 Å². The summed E-state index contributed by atoms with van der Waals surface area (Å²) in [5.74, 6) is 0.876. The topological polar surface area (TPSA) is 59.8 Å². The Morgan fingerprint density at radius 3 is 2.89 bits per heavy atom. The predicted octanol–water partition coefficient (Wildman–Crippen LogP) is 2.43. The van der Waals surface area contributed by atoms with E-state index in [1.165, 1.54) is 11.3 Å². The molecule has 0 unspecified atom stereocenters. The number of aryl methyl sites for hydroxylation is 3. The Balaban J connectivity index is 1.78. The minimum Gasteiger partial charge on any atom is -0.351 e. The number of carbonyl (C=O) groups excluding carboxylic acids is 1. The summed E-state index contributed by atoms with van der Waals surface area (Å²) in [6, 6.07) is 0. The smallest absolute Gasteiger partial charge is 0.263 e. The summed E-state index contributed by atoms with van der Waals surface area (Å²) in [5.41, 5.74) is 0.679. The van der Waals surface area contributed by atoms with Crippen LogP contribution in [0.3, 0.4) is 0 Å². The van der Waals surface area contributed by atoms with Crippen molar-refractivity contribution in [1.29, 1.82) is 0 Å². The summed E-state index contributed by atoms with van der Waals surface area (Å²) in [6.07, 6.45) is 4.56. The average molecular weight is 299 g/mol. The second kappa shape index (κ2) is 6.16. The van der Waals surface area contributed by atoms with Crippen molar-refractivity contribution in [2.24, 2.45) is 0 Å². The van der Waals surface area contributed by atoms with Crippen LogP contribution < -0.4 is 5.32 Å². The van der Waals surface area contributed by atoms with Crippen LogP contribution in [0, 0.1) is 13.8 Å². The van der Waals surface area contributed by atoms with Crippen LogP contribution in [0.15, 0.2) is 12.4 Å². The normalized spacial score (nSPS) is 10.7. The number of thiazole rings is 1. The van der Waals surface area contributed by atoms with Crippen LogP contribution in [0.5, 0.6) is 0 Å². The van der Waals surface area contributed by atoms with Crippen LogP contribution in [0.1, 0.15) is 27.6 Å². The molecule has 0 saturated carbocycles. The molecular formula is C12H15ClN4OS. The van der Waals surface area contributed by atoms with Gasteiger partial charge in [0.2, 0.25) is 0 Å². The zero-order valence-corrected chi connectivity index (χ0v) is 12.4. The summed E-state index contributed by atoms with van der Waals surface area (Å²) in [5, 5.41) is 2.87. The van der Waals surface area contributed by atoms with E-state index in [-0.39, 0.29) is 5.91 Å². The highest BCUT2D eigenvalue weighted by Gasteiger charge is 2.13. The van der Waals surface area contributed by atoms with E-state index >= 15 is 0 Å². The van der Waals surface area contributed by atoms with Gasteiger partial charge in [-0.05, 0) is 20.3 Å². The highest BCUT2D eigenvalue weighted by Crippen LogP contribution is 2.21. The second-order valence-corrected chi connectivity index (χ2v) is 5.74. The summed E-state index contributed by atoms with van der Waals surface area (Å²) >= 11 is 6.98. The van der Waals surface area contributed by atoms with Crippen molar-refractivity contribution in [2.45, 2.75) is 26.8 Å². The Bertz CT molecular complexity index is 578. The van der Waals surface area contributed by atoms with E-state index in [2.05, 4.69) is 19.9 Å². The Kier molecular flexibility index (Phi) is 4.55. The lowest BCUT2D eigenvalue weighted by molar-refractivity contribution is 0.0956. The number of rotatable bonds is 5. The molecule has 1 amide bonds. The fourth-order valence-electron chi connectivity index (χ4n) is 1.75. The molecule has 0 spiro atoms. The molecule has 102 valence electrons. The third-order valence-corrected chi connectivity index (χ3v) is 4.02. The number of hydrogen-bond donors (Lipinski definition) is 1. The van der Waals surface area contributed by atoms with E-state index in [0.717, 1.165) is 18.8 Å². The Morgan fingerprint density at radius 2 is 2.32 bits per heavy atom. The third kappa shape index (κ3) is 3.54. The van der Waals surface area contributed by atoms with Crippen molar-refractivity contribution in [3.8, 4) is 0 Å². The average Bonchev–Trinajstić information content (AvgIpc) is 2.91. The molecule has 0 radical (unpaired) electrons. The summed E-state index contributed by atoms with van der Waals surface area (Å²) in [6.45, 7) is 5.20. The first-order valence-electron chi connectivity index (χ1n) is 5.97. The van der Waals surface area contributed by atoms with Gasteiger partial charge >= 0.3 is 0 Å². The quantitative estimate of drug-likeness (QED) is 0.863. The molecule has 5 nitrogen and oxygen atoms in total. The Morgan fingerprint density at radius 1 is 1.53 bits per heavy atom. The number of imidazole rings is 1. The Labute approximate surface area is 120 Å². The third-order valence-electron chi connectivity index (χ3n) is 2.76. The van der Waals surface area contributed by atoms with Crippen LogP contribution in [0.4, 0.5) is 0 Å². The van der Waals surface area contributed by atoms with Crippen molar-refractivity contribution in [3.63, 3.8) is 0 Å². The van der Waals surface area contributed by atoms with Gasteiger partial charge in [-0.2, -0.15) is 0 Å². The van der Waals surface area contributed by atoms with Crippen molar-refractivity contribution >= 4 is 28.8 Å². The van der Waals surface area contributed by atoms with E-state index in [9.17, 15) is 4.79 Å². The van der Waals surface area contributed by atoms with Gasteiger partial charge in [0.1, 0.15) is 10.7 Å². The first-order chi connectivity index (χ1) is 9.08. The lowest BCUT2D eigenvalue weighted by Gasteiger charge is -2.06. The molecule has 0 aliphatic carbocycles. The highest BCUT2D eigenvalue weighted by molar-refractivity contribution is 7.17. The number of aromatic nitrogens is 3. The molecule has 0 saturated heterocycles. The number of nitrogens with one attached hydrogen (secondary N) is 1. The number of amides is 1. The summed E-state index contributed by atoms with van der Waals surface area (Å²) < 4.78 is 2.46. The van der Waals surface area contributed by atoms with Crippen LogP contribution in [0.2, 0.25) is 4.47 Å². The molecule has 2 rings (SSSR count). The van der Waals surface area contributed by atoms with E-state index in [0.29, 0.717) is 21.6 Å². The number of hydrogen-bond acceptors (Lipinski definition) is 4. The van der Waals surface area contributed by atoms with Gasteiger partial charge in [-0.1, -0.05) is 22.9 Å². The fourth-order valence-corrected chi connectivity index (χ4v) is 2.81. The van der Waals surface area contributed by atoms with Crippen LogP contribution in [-0.2, 0) is 6.54 Å². The summed E-state index contributed by atoms with van der Waals surface area (Å²) in [4.78, 5) is 20.6. The lowest BCUT2D eigenvalue weighted by atomic mass is 10.3. The zero-order chi connectivity index (χ0) is 13.8. The molecule has 0 aliphatic rings. The highest BCUT2D eigenvalue weighted by atomic mass is 35.5. The molecule has 2 aromatic heterocycles. The van der Waals surface area contributed by atoms with E-state index < -0.39 is 0 Å². The number of nitrogens with zero attached hydrogens (tertiary/aromatic N) is 3. The maximum Gasteiger partial charge on any atom is 0.263 e. The van der Waals surface area contributed by atoms with Crippen molar-refractivity contribution in [3.05, 3.63) is 33.3 Å². The van der Waals surface area contributed by atoms with Crippen LogP contribution in [-0.4, -0.2) is 27.0 Å². The minimum atomic E-state index is -0.107. The standard InChI is InChI=1S/C12H15ClN4OS/c1-8-10(19-12(13)16-8)11(18)15-4-3-6-17-7-5-14-9(17)2/h5,7H,3-4,6H2,1-2H3,(H,15,18). The molecule has 0 fully saturated rings. The SMILES string of the molecule is Cc1nc(Cl)sc1C(=O)NCCCn1ccnc1C. The summed E-state index contributed by atoms with van der Waals surface area (Å²) in [7, 11) is 0. The molecule has 19 heavy (non-hydrogen) atoms.